The van der Waals surface area contributed by atoms with Gasteiger partial charge in [-0.1, -0.05) is 24.3 Å². The molecule has 4 rings (SSSR count). The minimum atomic E-state index is -0.433. The molecule has 0 radical (unpaired) electrons. The predicted molar refractivity (Wildman–Crippen MR) is 102 cm³/mol. The van der Waals surface area contributed by atoms with Crippen LogP contribution in [0.5, 0.6) is 0 Å². The van der Waals surface area contributed by atoms with Crippen molar-refractivity contribution in [3.8, 4) is 11.5 Å². The number of fused-ring (bicyclic) bond motifs is 1. The number of carbonyl (C=O) groups excluding carboxylic acids is 1. The van der Waals surface area contributed by atoms with Crippen LogP contribution in [0.3, 0.4) is 0 Å². The maximum Gasteiger partial charge on any atom is 0.347 e. The van der Waals surface area contributed by atoms with Crippen molar-refractivity contribution in [1.82, 2.24) is 4.98 Å². The second-order valence-electron chi connectivity index (χ2n) is 5.71. The standard InChI is InChI=1S/C20H14N2O3S/c23-18(12-15-7-4-10-26-15)21-14-6-3-5-13(11-14)19-22-17-9-2-1-8-16(17)20(24)25-19/h1-11H,12H2,(H,21,23). The van der Waals surface area contributed by atoms with Crippen LogP contribution >= 0.6 is 11.3 Å². The number of rotatable bonds is 4. The Bertz CT molecular complexity index is 1130. The molecule has 0 saturated heterocycles. The molecule has 0 saturated carbocycles. The van der Waals surface area contributed by atoms with Crippen molar-refractivity contribution < 1.29 is 9.21 Å². The molecule has 0 atom stereocenters. The highest BCUT2D eigenvalue weighted by atomic mass is 32.1. The van der Waals surface area contributed by atoms with Crippen molar-refractivity contribution >= 4 is 33.8 Å². The molecule has 5 nitrogen and oxygen atoms in total. The first-order chi connectivity index (χ1) is 12.7. The van der Waals surface area contributed by atoms with Crippen LogP contribution in [0.1, 0.15) is 4.88 Å². The van der Waals surface area contributed by atoms with E-state index in [1.54, 1.807) is 53.8 Å². The zero-order chi connectivity index (χ0) is 17.9. The molecule has 0 aliphatic carbocycles. The fourth-order valence-electron chi connectivity index (χ4n) is 2.65. The van der Waals surface area contributed by atoms with Gasteiger partial charge in [-0.3, -0.25) is 4.79 Å². The van der Waals surface area contributed by atoms with Gasteiger partial charge < -0.3 is 9.73 Å². The van der Waals surface area contributed by atoms with Gasteiger partial charge in [-0.15, -0.1) is 11.3 Å². The molecule has 6 heteroatoms. The fraction of sp³-hybridized carbons (Fsp3) is 0.0500. The zero-order valence-corrected chi connectivity index (χ0v) is 14.5. The Morgan fingerprint density at radius 3 is 2.81 bits per heavy atom. The van der Waals surface area contributed by atoms with Gasteiger partial charge in [0, 0.05) is 16.1 Å². The van der Waals surface area contributed by atoms with Crippen LogP contribution in [0.15, 0.2) is 75.3 Å². The smallest absolute Gasteiger partial charge is 0.347 e. The molecule has 0 aliphatic heterocycles. The number of para-hydroxylation sites is 1. The quantitative estimate of drug-likeness (QED) is 0.593. The molecule has 1 amide bonds. The predicted octanol–water partition coefficient (Wildman–Crippen LogP) is 4.10. The number of thiophene rings is 1. The Balaban J connectivity index is 1.61. The molecule has 4 aromatic rings. The molecular formula is C20H14N2O3S. The second kappa shape index (κ2) is 6.93. The van der Waals surface area contributed by atoms with Gasteiger partial charge in [0.2, 0.25) is 11.8 Å². The Hall–Kier alpha value is -3.25. The SMILES string of the molecule is O=C(Cc1cccs1)Nc1cccc(-c2nc3ccccc3c(=O)o2)c1. The first kappa shape index (κ1) is 16.2. The summed E-state index contributed by atoms with van der Waals surface area (Å²) in [6.07, 6.45) is 0.325. The maximum absolute atomic E-state index is 12.2. The summed E-state index contributed by atoms with van der Waals surface area (Å²) in [5.74, 6) is 0.126. The molecule has 1 N–H and O–H groups in total. The summed E-state index contributed by atoms with van der Waals surface area (Å²) in [5, 5.41) is 5.24. The third kappa shape index (κ3) is 3.41. The first-order valence-electron chi connectivity index (χ1n) is 8.01. The van der Waals surface area contributed by atoms with Gasteiger partial charge in [-0.05, 0) is 41.8 Å². The first-order valence-corrected chi connectivity index (χ1v) is 8.89. The average molecular weight is 362 g/mol. The van der Waals surface area contributed by atoms with E-state index in [0.717, 1.165) is 4.88 Å². The van der Waals surface area contributed by atoms with Crippen molar-refractivity contribution in [3.63, 3.8) is 0 Å². The van der Waals surface area contributed by atoms with Gasteiger partial charge in [-0.25, -0.2) is 9.78 Å². The van der Waals surface area contributed by atoms with Crippen molar-refractivity contribution in [3.05, 3.63) is 81.3 Å². The van der Waals surface area contributed by atoms with E-state index in [2.05, 4.69) is 10.3 Å². The number of amides is 1. The molecule has 2 aromatic heterocycles. The molecule has 128 valence electrons. The molecule has 26 heavy (non-hydrogen) atoms. The van der Waals surface area contributed by atoms with E-state index in [1.807, 2.05) is 23.6 Å². The third-order valence-electron chi connectivity index (χ3n) is 3.84. The minimum absolute atomic E-state index is 0.0995. The number of hydrogen-bond acceptors (Lipinski definition) is 5. The molecule has 2 heterocycles. The van der Waals surface area contributed by atoms with E-state index in [0.29, 0.717) is 28.6 Å². The number of anilines is 1. The molecule has 0 bridgehead atoms. The molecule has 2 aromatic carbocycles. The van der Waals surface area contributed by atoms with Crippen molar-refractivity contribution in [2.75, 3.05) is 5.32 Å². The summed E-state index contributed by atoms with van der Waals surface area (Å²) in [4.78, 5) is 29.7. The van der Waals surface area contributed by atoms with Gasteiger partial charge in [0.25, 0.3) is 0 Å². The second-order valence-corrected chi connectivity index (χ2v) is 6.74. The number of benzene rings is 2. The highest BCUT2D eigenvalue weighted by molar-refractivity contribution is 7.10. The van der Waals surface area contributed by atoms with Crippen LogP contribution in [0.4, 0.5) is 5.69 Å². The van der Waals surface area contributed by atoms with E-state index in [1.165, 1.54) is 0 Å². The number of nitrogens with one attached hydrogen (secondary N) is 1. The van der Waals surface area contributed by atoms with Crippen molar-refractivity contribution in [1.29, 1.82) is 0 Å². The number of aromatic nitrogens is 1. The third-order valence-corrected chi connectivity index (χ3v) is 4.72. The summed E-state index contributed by atoms with van der Waals surface area (Å²) in [5.41, 5.74) is 1.40. The zero-order valence-electron chi connectivity index (χ0n) is 13.6. The van der Waals surface area contributed by atoms with E-state index < -0.39 is 5.63 Å². The maximum atomic E-state index is 12.2. The van der Waals surface area contributed by atoms with Crippen LogP contribution in [0.2, 0.25) is 0 Å². The summed E-state index contributed by atoms with van der Waals surface area (Å²) in [6.45, 7) is 0. The monoisotopic (exact) mass is 362 g/mol. The lowest BCUT2D eigenvalue weighted by atomic mass is 10.2. The summed E-state index contributed by atoms with van der Waals surface area (Å²) in [7, 11) is 0. The molecule has 0 unspecified atom stereocenters. The molecular weight excluding hydrogens is 348 g/mol. The van der Waals surface area contributed by atoms with Crippen LogP contribution < -0.4 is 10.9 Å². The van der Waals surface area contributed by atoms with E-state index in [9.17, 15) is 9.59 Å². The largest absolute Gasteiger partial charge is 0.403 e. The Morgan fingerprint density at radius 2 is 1.96 bits per heavy atom. The lowest BCUT2D eigenvalue weighted by Gasteiger charge is -2.07. The van der Waals surface area contributed by atoms with Crippen LogP contribution in [0.25, 0.3) is 22.4 Å². The van der Waals surface area contributed by atoms with Gasteiger partial charge in [-0.2, -0.15) is 0 Å². The number of nitrogens with zero attached hydrogens (tertiary/aromatic N) is 1. The van der Waals surface area contributed by atoms with E-state index >= 15 is 0 Å². The average Bonchev–Trinajstić information content (AvgIpc) is 3.15. The van der Waals surface area contributed by atoms with E-state index in [-0.39, 0.29) is 11.8 Å². The van der Waals surface area contributed by atoms with Gasteiger partial charge >= 0.3 is 5.63 Å². The topological polar surface area (TPSA) is 72.2 Å². The lowest BCUT2D eigenvalue weighted by Crippen LogP contribution is -2.13. The van der Waals surface area contributed by atoms with Crippen LogP contribution in [-0.4, -0.2) is 10.9 Å². The summed E-state index contributed by atoms with van der Waals surface area (Å²) >= 11 is 1.54. The molecule has 0 spiro atoms. The van der Waals surface area contributed by atoms with Gasteiger partial charge in [0.1, 0.15) is 0 Å². The Kier molecular flexibility index (Phi) is 4.33. The highest BCUT2D eigenvalue weighted by Gasteiger charge is 2.10. The summed E-state index contributed by atoms with van der Waals surface area (Å²) in [6, 6.07) is 18.0. The van der Waals surface area contributed by atoms with Crippen molar-refractivity contribution in [2.24, 2.45) is 0 Å². The fourth-order valence-corrected chi connectivity index (χ4v) is 3.35. The van der Waals surface area contributed by atoms with Gasteiger partial charge in [0.05, 0.1) is 17.3 Å². The van der Waals surface area contributed by atoms with Crippen LogP contribution in [-0.2, 0) is 11.2 Å². The lowest BCUT2D eigenvalue weighted by molar-refractivity contribution is -0.115. The number of hydrogen-bond donors (Lipinski definition) is 1. The number of carbonyl (C=O) groups is 1. The van der Waals surface area contributed by atoms with Crippen LogP contribution in [0, 0.1) is 0 Å². The molecule has 0 aliphatic rings. The Morgan fingerprint density at radius 1 is 1.08 bits per heavy atom. The Labute approximate surface area is 152 Å². The van der Waals surface area contributed by atoms with Gasteiger partial charge in [0.15, 0.2) is 0 Å². The molecule has 0 fully saturated rings. The van der Waals surface area contributed by atoms with Crippen molar-refractivity contribution in [2.45, 2.75) is 6.42 Å². The summed E-state index contributed by atoms with van der Waals surface area (Å²) < 4.78 is 5.34. The normalized spacial score (nSPS) is 10.8. The minimum Gasteiger partial charge on any atom is -0.403 e. The van der Waals surface area contributed by atoms with E-state index in [4.69, 9.17) is 4.42 Å². The highest BCUT2D eigenvalue weighted by Crippen LogP contribution is 2.22.